The molecule has 19 heavy (non-hydrogen) atoms. The Bertz CT molecular complexity index is 492. The third-order valence-electron chi connectivity index (χ3n) is 3.03. The van der Waals surface area contributed by atoms with Crippen molar-refractivity contribution in [2.75, 3.05) is 12.4 Å². The molecule has 1 heterocycles. The summed E-state index contributed by atoms with van der Waals surface area (Å²) in [6.07, 6.45) is 0.676. The van der Waals surface area contributed by atoms with Crippen LogP contribution in [0.3, 0.4) is 0 Å². The Morgan fingerprint density at radius 2 is 1.95 bits per heavy atom. The molecule has 0 saturated heterocycles. The highest BCUT2D eigenvalue weighted by atomic mass is 16.5. The van der Waals surface area contributed by atoms with Crippen molar-refractivity contribution >= 4 is 17.6 Å². The molecule has 0 bridgehead atoms. The van der Waals surface area contributed by atoms with Gasteiger partial charge >= 0.3 is 5.97 Å². The van der Waals surface area contributed by atoms with Crippen LogP contribution in [0.1, 0.15) is 43.6 Å². The number of amides is 1. The second-order valence-electron chi connectivity index (χ2n) is 4.88. The van der Waals surface area contributed by atoms with Crippen molar-refractivity contribution in [3.8, 4) is 0 Å². The molecule has 1 aliphatic heterocycles. The molecule has 0 radical (unpaired) electrons. The minimum absolute atomic E-state index is 0.0213. The van der Waals surface area contributed by atoms with Crippen LogP contribution in [0.5, 0.6) is 0 Å². The maximum atomic E-state index is 11.8. The quantitative estimate of drug-likeness (QED) is 0.792. The van der Waals surface area contributed by atoms with E-state index in [0.29, 0.717) is 17.7 Å². The molecule has 1 aromatic carbocycles. The molecule has 4 nitrogen and oxygen atoms in total. The van der Waals surface area contributed by atoms with Crippen molar-refractivity contribution in [3.63, 3.8) is 0 Å². The van der Waals surface area contributed by atoms with Gasteiger partial charge in [0, 0.05) is 11.1 Å². The van der Waals surface area contributed by atoms with Gasteiger partial charge in [0.15, 0.2) is 0 Å². The number of hydrogen-bond donors (Lipinski definition) is 1. The fraction of sp³-hybridized carbons (Fsp3) is 0.467. The van der Waals surface area contributed by atoms with Crippen LogP contribution in [0.15, 0.2) is 18.2 Å². The number of anilines is 1. The van der Waals surface area contributed by atoms with Crippen molar-refractivity contribution in [1.29, 1.82) is 0 Å². The summed E-state index contributed by atoms with van der Waals surface area (Å²) in [5.74, 6) is -0.418. The number of carbonyl (C=O) groups is 2. The standard InChI is InChI=1S/C13H15NO3.C2H6/c1-13(2)7-9-5-4-8(11(15)17-3)6-10(9)14-12(13)16;1-2/h4-6H,7H2,1-3H3,(H,14,16);1-2H3. The van der Waals surface area contributed by atoms with Crippen LogP contribution in [-0.4, -0.2) is 19.0 Å². The van der Waals surface area contributed by atoms with E-state index < -0.39 is 11.4 Å². The fourth-order valence-electron chi connectivity index (χ4n) is 1.94. The van der Waals surface area contributed by atoms with Crippen LogP contribution >= 0.6 is 0 Å². The third-order valence-corrected chi connectivity index (χ3v) is 3.03. The van der Waals surface area contributed by atoms with Gasteiger partial charge in [-0.3, -0.25) is 4.79 Å². The normalized spacial score (nSPS) is 15.5. The summed E-state index contributed by atoms with van der Waals surface area (Å²) < 4.78 is 4.64. The number of methoxy groups -OCH3 is 1. The lowest BCUT2D eigenvalue weighted by Gasteiger charge is -2.30. The molecule has 0 saturated carbocycles. The predicted molar refractivity (Wildman–Crippen MR) is 75.2 cm³/mol. The van der Waals surface area contributed by atoms with Gasteiger partial charge in [0.05, 0.1) is 12.7 Å². The Hall–Kier alpha value is -1.84. The number of esters is 1. The Labute approximate surface area is 114 Å². The number of rotatable bonds is 1. The summed E-state index contributed by atoms with van der Waals surface area (Å²) >= 11 is 0. The minimum Gasteiger partial charge on any atom is -0.465 e. The van der Waals surface area contributed by atoms with E-state index in [9.17, 15) is 9.59 Å². The molecule has 0 fully saturated rings. The Morgan fingerprint density at radius 1 is 1.32 bits per heavy atom. The lowest BCUT2D eigenvalue weighted by atomic mass is 9.81. The van der Waals surface area contributed by atoms with Crippen LogP contribution in [-0.2, 0) is 16.0 Å². The van der Waals surface area contributed by atoms with Crippen molar-refractivity contribution in [3.05, 3.63) is 29.3 Å². The first kappa shape index (κ1) is 15.2. The number of hydrogen-bond acceptors (Lipinski definition) is 3. The van der Waals surface area contributed by atoms with Gasteiger partial charge < -0.3 is 10.1 Å². The first-order chi connectivity index (χ1) is 8.94. The molecule has 4 heteroatoms. The molecule has 0 atom stereocenters. The second-order valence-corrected chi connectivity index (χ2v) is 4.88. The highest BCUT2D eigenvalue weighted by Gasteiger charge is 2.33. The van der Waals surface area contributed by atoms with Crippen LogP contribution in [0.25, 0.3) is 0 Å². The zero-order chi connectivity index (χ0) is 14.6. The number of nitrogens with one attached hydrogen (secondary N) is 1. The molecule has 0 spiro atoms. The van der Waals surface area contributed by atoms with Gasteiger partial charge in [0.1, 0.15) is 0 Å². The lowest BCUT2D eigenvalue weighted by molar-refractivity contribution is -0.124. The van der Waals surface area contributed by atoms with E-state index >= 15 is 0 Å². The number of fused-ring (bicyclic) bond motifs is 1. The van der Waals surface area contributed by atoms with Crippen molar-refractivity contribution in [1.82, 2.24) is 0 Å². The number of benzene rings is 1. The zero-order valence-corrected chi connectivity index (χ0v) is 12.2. The molecule has 1 amide bonds. The van der Waals surface area contributed by atoms with E-state index in [-0.39, 0.29) is 5.91 Å². The fourth-order valence-corrected chi connectivity index (χ4v) is 1.94. The molecule has 1 aromatic rings. The highest BCUT2D eigenvalue weighted by molar-refractivity contribution is 5.99. The highest BCUT2D eigenvalue weighted by Crippen LogP contribution is 2.33. The Kier molecular flexibility index (Phi) is 4.70. The molecule has 0 aromatic heterocycles. The van der Waals surface area contributed by atoms with Gasteiger partial charge in [-0.15, -0.1) is 0 Å². The van der Waals surface area contributed by atoms with Crippen LogP contribution in [0.2, 0.25) is 0 Å². The lowest BCUT2D eigenvalue weighted by Crippen LogP contribution is -2.37. The second kappa shape index (κ2) is 5.87. The first-order valence-electron chi connectivity index (χ1n) is 6.47. The third kappa shape index (κ3) is 3.13. The molecule has 0 aliphatic carbocycles. The maximum Gasteiger partial charge on any atom is 0.337 e. The van der Waals surface area contributed by atoms with Crippen LogP contribution in [0, 0.1) is 5.41 Å². The molecule has 2 rings (SSSR count). The molecule has 1 N–H and O–H groups in total. The van der Waals surface area contributed by atoms with E-state index in [1.165, 1.54) is 7.11 Å². The molecule has 104 valence electrons. The first-order valence-corrected chi connectivity index (χ1v) is 6.47. The minimum atomic E-state index is -0.403. The van der Waals surface area contributed by atoms with E-state index in [1.54, 1.807) is 12.1 Å². The summed E-state index contributed by atoms with van der Waals surface area (Å²) in [5, 5.41) is 2.82. The van der Waals surface area contributed by atoms with E-state index in [2.05, 4.69) is 10.1 Å². The number of carbonyl (C=O) groups excluding carboxylic acids is 2. The summed E-state index contributed by atoms with van der Waals surface area (Å²) in [5.41, 5.74) is 1.80. The van der Waals surface area contributed by atoms with E-state index in [1.807, 2.05) is 33.8 Å². The molecule has 1 aliphatic rings. The molecule has 0 unspecified atom stereocenters. The smallest absolute Gasteiger partial charge is 0.337 e. The average molecular weight is 263 g/mol. The Balaban J connectivity index is 0.000000861. The maximum absolute atomic E-state index is 11.8. The van der Waals surface area contributed by atoms with Gasteiger partial charge in [-0.05, 0) is 24.1 Å². The van der Waals surface area contributed by atoms with Crippen molar-refractivity contribution in [2.24, 2.45) is 5.41 Å². The van der Waals surface area contributed by atoms with E-state index in [0.717, 1.165) is 5.56 Å². The molecular weight excluding hydrogens is 242 g/mol. The Morgan fingerprint density at radius 3 is 2.53 bits per heavy atom. The van der Waals surface area contributed by atoms with Crippen LogP contribution < -0.4 is 5.32 Å². The summed E-state index contributed by atoms with van der Waals surface area (Å²) in [4.78, 5) is 23.2. The number of ether oxygens (including phenoxy) is 1. The summed E-state index contributed by atoms with van der Waals surface area (Å²) in [7, 11) is 1.34. The summed E-state index contributed by atoms with van der Waals surface area (Å²) in [6.45, 7) is 7.80. The van der Waals surface area contributed by atoms with Crippen molar-refractivity contribution in [2.45, 2.75) is 34.1 Å². The topological polar surface area (TPSA) is 55.4 Å². The van der Waals surface area contributed by atoms with Gasteiger partial charge in [0.2, 0.25) is 5.91 Å². The van der Waals surface area contributed by atoms with Crippen LogP contribution in [0.4, 0.5) is 5.69 Å². The van der Waals surface area contributed by atoms with Gasteiger partial charge in [-0.1, -0.05) is 33.8 Å². The SMILES string of the molecule is CC.COC(=O)c1ccc2c(c1)NC(=O)C(C)(C)C2. The monoisotopic (exact) mass is 263 g/mol. The van der Waals surface area contributed by atoms with Gasteiger partial charge in [-0.2, -0.15) is 0 Å². The summed E-state index contributed by atoms with van der Waals surface area (Å²) in [6, 6.07) is 5.25. The van der Waals surface area contributed by atoms with E-state index in [4.69, 9.17) is 0 Å². The molecular formula is C15H21NO3. The van der Waals surface area contributed by atoms with Gasteiger partial charge in [-0.25, -0.2) is 4.79 Å². The zero-order valence-electron chi connectivity index (χ0n) is 12.2. The van der Waals surface area contributed by atoms with Crippen molar-refractivity contribution < 1.29 is 14.3 Å². The largest absolute Gasteiger partial charge is 0.465 e. The average Bonchev–Trinajstić information content (AvgIpc) is 2.40. The predicted octanol–water partition coefficient (Wildman–Crippen LogP) is 3.02. The van der Waals surface area contributed by atoms with Gasteiger partial charge in [0.25, 0.3) is 0 Å².